The summed E-state index contributed by atoms with van der Waals surface area (Å²) in [5, 5.41) is 0.175. The fraction of sp³-hybridized carbons (Fsp3) is 0.593. The van der Waals surface area contributed by atoms with Gasteiger partial charge in [-0.2, -0.15) is 0 Å². The van der Waals surface area contributed by atoms with Crippen LogP contribution in [0.4, 0.5) is 0 Å². The number of allylic oxidation sites excluding steroid dienone is 2. The predicted molar refractivity (Wildman–Crippen MR) is 138 cm³/mol. The van der Waals surface area contributed by atoms with Crippen LogP contribution in [0, 0.1) is 17.8 Å². The van der Waals surface area contributed by atoms with Crippen molar-refractivity contribution in [2.45, 2.75) is 75.8 Å². The summed E-state index contributed by atoms with van der Waals surface area (Å²) in [6.45, 7) is 13.4. The van der Waals surface area contributed by atoms with Crippen molar-refractivity contribution in [1.82, 2.24) is 0 Å². The molecule has 1 fully saturated rings. The summed E-state index contributed by atoms with van der Waals surface area (Å²) in [6.07, 6.45) is 5.40. The number of benzene rings is 1. The van der Waals surface area contributed by atoms with E-state index in [1.807, 2.05) is 0 Å². The van der Waals surface area contributed by atoms with Crippen molar-refractivity contribution < 1.29 is 23.5 Å². The number of esters is 1. The monoisotopic (exact) mass is 546 g/mol. The summed E-state index contributed by atoms with van der Waals surface area (Å²) in [6, 6.07) is 4.94. The summed E-state index contributed by atoms with van der Waals surface area (Å²) >= 11 is 3.84. The number of carbonyl (C=O) groups is 3. The molecule has 3 aliphatic carbocycles. The van der Waals surface area contributed by atoms with E-state index in [-0.39, 0.29) is 33.8 Å². The Morgan fingerprint density at radius 1 is 1.18 bits per heavy atom. The molecule has 5 nitrogen and oxygen atoms in total. The van der Waals surface area contributed by atoms with Crippen molar-refractivity contribution in [3.05, 3.63) is 41.0 Å². The molecule has 1 aromatic carbocycles. The van der Waals surface area contributed by atoms with Crippen LogP contribution in [0.3, 0.4) is 0 Å². The van der Waals surface area contributed by atoms with Crippen molar-refractivity contribution in [3.8, 4) is 5.75 Å². The maximum Gasteiger partial charge on any atom is 0.308 e. The smallest absolute Gasteiger partial charge is 0.308 e. The average Bonchev–Trinajstić information content (AvgIpc) is 2.75. The third-order valence-electron chi connectivity index (χ3n) is 8.39. The number of hydrogen-bond donors (Lipinski definition) is 0. The van der Waals surface area contributed by atoms with Gasteiger partial charge in [-0.25, -0.2) is 0 Å². The van der Waals surface area contributed by atoms with Crippen LogP contribution in [0.1, 0.15) is 74.1 Å². The average molecular weight is 548 g/mol. The minimum Gasteiger partial charge on any atom is -0.426 e. The van der Waals surface area contributed by atoms with E-state index in [1.165, 1.54) is 12.5 Å². The van der Waals surface area contributed by atoms with E-state index >= 15 is 0 Å². The molecule has 4 atom stereocenters. The van der Waals surface area contributed by atoms with Crippen molar-refractivity contribution in [2.75, 3.05) is 6.61 Å². The molecule has 0 bridgehead atoms. The van der Waals surface area contributed by atoms with Gasteiger partial charge >= 0.3 is 5.97 Å². The second-order valence-corrected chi connectivity index (χ2v) is 17.7. The maximum atomic E-state index is 13.9. The molecule has 34 heavy (non-hydrogen) atoms. The van der Waals surface area contributed by atoms with Crippen LogP contribution in [0.25, 0.3) is 0 Å². The molecular formula is C27H35BrO5Si. The summed E-state index contributed by atoms with van der Waals surface area (Å²) in [4.78, 5) is 39.1. The van der Waals surface area contributed by atoms with Crippen molar-refractivity contribution in [2.24, 2.45) is 17.8 Å². The zero-order valence-corrected chi connectivity index (χ0v) is 23.6. The lowest BCUT2D eigenvalue weighted by molar-refractivity contribution is -0.131. The molecule has 0 saturated heterocycles. The lowest BCUT2D eigenvalue weighted by atomic mass is 9.58. The SMILES string of the molecule is CC(=O)Oc1cccc2c1C(=O)[C@@H]1CC=C3C[C@H](CO[Si](C)(C)C(C)(C)C)CCC3[C@]1(Br)C2=O. The van der Waals surface area contributed by atoms with Gasteiger partial charge < -0.3 is 9.16 Å². The summed E-state index contributed by atoms with van der Waals surface area (Å²) < 4.78 is 10.9. The van der Waals surface area contributed by atoms with Crippen LogP contribution >= 0.6 is 15.9 Å². The van der Waals surface area contributed by atoms with Gasteiger partial charge in [-0.1, -0.05) is 60.5 Å². The zero-order chi connectivity index (χ0) is 25.1. The summed E-state index contributed by atoms with van der Waals surface area (Å²) in [7, 11) is -1.82. The molecule has 0 aromatic heterocycles. The van der Waals surface area contributed by atoms with E-state index in [1.54, 1.807) is 18.2 Å². The van der Waals surface area contributed by atoms with E-state index in [4.69, 9.17) is 9.16 Å². The van der Waals surface area contributed by atoms with Crippen molar-refractivity contribution in [1.29, 1.82) is 0 Å². The molecule has 0 N–H and O–H groups in total. The lowest BCUT2D eigenvalue weighted by Gasteiger charge is -2.49. The van der Waals surface area contributed by atoms with Gasteiger partial charge in [-0.05, 0) is 55.8 Å². The van der Waals surface area contributed by atoms with E-state index in [9.17, 15) is 14.4 Å². The van der Waals surface area contributed by atoms with Gasteiger partial charge in [0.15, 0.2) is 19.9 Å². The molecule has 0 heterocycles. The number of rotatable bonds is 4. The number of ether oxygens (including phenoxy) is 1. The minimum absolute atomic E-state index is 0.0163. The van der Waals surface area contributed by atoms with Gasteiger partial charge in [0.05, 0.1) is 5.56 Å². The Kier molecular flexibility index (Phi) is 6.62. The fourth-order valence-electron chi connectivity index (χ4n) is 5.45. The van der Waals surface area contributed by atoms with E-state index in [0.717, 1.165) is 25.9 Å². The van der Waals surface area contributed by atoms with Crippen LogP contribution < -0.4 is 4.74 Å². The number of alkyl halides is 1. The maximum absolute atomic E-state index is 13.9. The van der Waals surface area contributed by atoms with Crippen LogP contribution in [0.5, 0.6) is 5.75 Å². The number of carbonyl (C=O) groups excluding carboxylic acids is 3. The highest BCUT2D eigenvalue weighted by molar-refractivity contribution is 9.10. The van der Waals surface area contributed by atoms with Crippen LogP contribution in [0.15, 0.2) is 29.8 Å². The molecule has 0 aliphatic heterocycles. The Balaban J connectivity index is 1.59. The van der Waals surface area contributed by atoms with E-state index in [0.29, 0.717) is 17.9 Å². The first kappa shape index (κ1) is 25.5. The molecule has 0 amide bonds. The summed E-state index contributed by atoms with van der Waals surface area (Å²) in [5.74, 6) is -0.612. The highest BCUT2D eigenvalue weighted by Gasteiger charge is 2.59. The van der Waals surface area contributed by atoms with Gasteiger partial charge in [-0.15, -0.1) is 0 Å². The standard InChI is InChI=1S/C27H35BrO5Si/c1-16(29)33-22-9-7-8-19-23(22)24(30)21-13-11-18-14-17(15-32-34(5,6)26(2,3)4)10-12-20(18)27(21,28)25(19)31/h7-9,11,17,20-21H,10,12-15H2,1-6H3/t17-,20?,21+,27-/m1/s1. The molecule has 0 radical (unpaired) electrons. The number of Topliss-reactive ketones (excluding diaryl/α,β-unsaturated/α-hetero) is 2. The summed E-state index contributed by atoms with van der Waals surface area (Å²) in [5.41, 5.74) is 1.86. The molecule has 1 unspecified atom stereocenters. The minimum atomic E-state index is -1.82. The first-order valence-electron chi connectivity index (χ1n) is 12.2. The molecule has 4 rings (SSSR count). The molecule has 184 valence electrons. The number of hydrogen-bond acceptors (Lipinski definition) is 5. The first-order chi connectivity index (χ1) is 15.8. The van der Waals surface area contributed by atoms with E-state index in [2.05, 4.69) is 55.9 Å². The topological polar surface area (TPSA) is 69.7 Å². The Morgan fingerprint density at radius 2 is 1.88 bits per heavy atom. The Labute approximate surface area is 211 Å². The van der Waals surface area contributed by atoms with Crippen LogP contribution in [-0.2, 0) is 9.22 Å². The first-order valence-corrected chi connectivity index (χ1v) is 15.9. The zero-order valence-electron chi connectivity index (χ0n) is 21.0. The molecular weight excluding hydrogens is 512 g/mol. The Hall–Kier alpha value is -1.57. The van der Waals surface area contributed by atoms with Crippen molar-refractivity contribution in [3.63, 3.8) is 0 Å². The quantitative estimate of drug-likeness (QED) is 0.141. The fourth-order valence-corrected chi connectivity index (χ4v) is 7.67. The largest absolute Gasteiger partial charge is 0.426 e. The van der Waals surface area contributed by atoms with Gasteiger partial charge in [0, 0.05) is 30.9 Å². The second kappa shape index (κ2) is 8.82. The number of fused-ring (bicyclic) bond motifs is 4. The van der Waals surface area contributed by atoms with E-state index < -0.39 is 24.5 Å². The number of halogens is 1. The molecule has 1 saturated carbocycles. The third kappa shape index (κ3) is 4.18. The Bertz CT molecular complexity index is 1070. The normalized spacial score (nSPS) is 29.0. The lowest BCUT2D eigenvalue weighted by Crippen LogP contribution is -2.56. The van der Waals surface area contributed by atoms with Gasteiger partial charge in [0.25, 0.3) is 0 Å². The highest BCUT2D eigenvalue weighted by atomic mass is 79.9. The molecule has 3 aliphatic rings. The number of ketones is 2. The van der Waals surface area contributed by atoms with Gasteiger partial charge in [0.2, 0.25) is 0 Å². The predicted octanol–water partition coefficient (Wildman–Crippen LogP) is 6.51. The van der Waals surface area contributed by atoms with Gasteiger partial charge in [-0.3, -0.25) is 14.4 Å². The second-order valence-electron chi connectivity index (χ2n) is 11.6. The third-order valence-corrected chi connectivity index (χ3v) is 14.4. The van der Waals surface area contributed by atoms with Gasteiger partial charge in [0.1, 0.15) is 10.1 Å². The molecule has 0 spiro atoms. The molecule has 7 heteroatoms. The van der Waals surface area contributed by atoms with Crippen LogP contribution in [-0.4, -0.2) is 36.8 Å². The molecule has 1 aromatic rings. The van der Waals surface area contributed by atoms with Crippen LogP contribution in [0.2, 0.25) is 18.1 Å². The van der Waals surface area contributed by atoms with Crippen molar-refractivity contribution >= 4 is 41.8 Å². The Morgan fingerprint density at radius 3 is 2.53 bits per heavy atom. The highest BCUT2D eigenvalue weighted by Crippen LogP contribution is 2.56.